The molecular weight excluding hydrogens is 356 g/mol. The van der Waals surface area contributed by atoms with Gasteiger partial charge in [-0.15, -0.1) is 0 Å². The van der Waals surface area contributed by atoms with Crippen molar-refractivity contribution in [3.8, 4) is 11.5 Å². The van der Waals surface area contributed by atoms with Crippen LogP contribution < -0.4 is 14.4 Å². The lowest BCUT2D eigenvalue weighted by molar-refractivity contribution is 0.104. The van der Waals surface area contributed by atoms with Gasteiger partial charge in [0.1, 0.15) is 0 Å². The summed E-state index contributed by atoms with van der Waals surface area (Å²) in [5, 5.41) is 0. The highest BCUT2D eigenvalue weighted by Gasteiger charge is 2.86. The van der Waals surface area contributed by atoms with Crippen molar-refractivity contribution in [1.29, 1.82) is 0 Å². The van der Waals surface area contributed by atoms with Crippen molar-refractivity contribution in [3.63, 3.8) is 0 Å². The van der Waals surface area contributed by atoms with Gasteiger partial charge in [-0.05, 0) is 43.2 Å². The third kappa shape index (κ3) is 1.53. The minimum absolute atomic E-state index is 0.00223. The Kier molecular flexibility index (Phi) is 3.01. The highest BCUT2D eigenvalue weighted by atomic mass is 16.5. The molecule has 0 aromatic heterocycles. The van der Waals surface area contributed by atoms with Crippen LogP contribution >= 0.6 is 0 Å². The van der Waals surface area contributed by atoms with Crippen LogP contribution in [-0.4, -0.2) is 56.5 Å². The summed E-state index contributed by atoms with van der Waals surface area (Å²) in [5.41, 5.74) is 2.20. The van der Waals surface area contributed by atoms with Crippen LogP contribution in [0.25, 0.3) is 0 Å². The monoisotopic (exact) mass is 382 g/mol. The Morgan fingerprint density at radius 1 is 1.11 bits per heavy atom. The van der Waals surface area contributed by atoms with Crippen molar-refractivity contribution in [2.75, 3.05) is 39.3 Å². The predicted molar refractivity (Wildman–Crippen MR) is 104 cm³/mol. The fourth-order valence-electron chi connectivity index (χ4n) is 7.42. The zero-order valence-electron chi connectivity index (χ0n) is 16.7. The summed E-state index contributed by atoms with van der Waals surface area (Å²) in [5.74, 6) is 1.86. The number of hydrogen-bond acceptors (Lipinski definition) is 5. The van der Waals surface area contributed by atoms with Crippen LogP contribution in [0.1, 0.15) is 31.2 Å². The number of fused-ring (bicyclic) bond motifs is 1. The van der Waals surface area contributed by atoms with Crippen LogP contribution in [0, 0.1) is 5.92 Å². The number of carbonyl (C=O) groups excluding carboxylic acids is 1. The van der Waals surface area contributed by atoms with E-state index in [1.807, 2.05) is 11.0 Å². The van der Waals surface area contributed by atoms with Gasteiger partial charge in [-0.25, -0.2) is 4.79 Å². The molecule has 1 aromatic carbocycles. The summed E-state index contributed by atoms with van der Waals surface area (Å²) < 4.78 is 16.4. The fraction of sp³-hybridized carbons (Fsp3) is 0.591. The van der Waals surface area contributed by atoms with E-state index < -0.39 is 0 Å². The molecule has 5 aliphatic rings. The number of benzene rings is 1. The first-order chi connectivity index (χ1) is 13.6. The first-order valence-corrected chi connectivity index (χ1v) is 10.2. The first-order valence-electron chi connectivity index (χ1n) is 10.2. The first kappa shape index (κ1) is 16.7. The minimum Gasteiger partial charge on any atom is -0.493 e. The molecule has 2 saturated carbocycles. The van der Waals surface area contributed by atoms with E-state index in [1.165, 1.54) is 12.7 Å². The number of nitrogens with zero attached hydrogens (tertiary/aromatic N) is 2. The molecule has 1 saturated heterocycles. The minimum atomic E-state index is -0.256. The van der Waals surface area contributed by atoms with Crippen LogP contribution in [-0.2, 0) is 10.2 Å². The highest BCUT2D eigenvalue weighted by molar-refractivity contribution is 5.98. The summed E-state index contributed by atoms with van der Waals surface area (Å²) >= 11 is 0. The van der Waals surface area contributed by atoms with Gasteiger partial charge in [0.25, 0.3) is 0 Å². The third-order valence-electron chi connectivity index (χ3n) is 8.50. The number of amides is 1. The normalized spacial score (nSPS) is 39.0. The van der Waals surface area contributed by atoms with E-state index in [0.717, 1.165) is 50.2 Å². The molecule has 6 heteroatoms. The van der Waals surface area contributed by atoms with Crippen LogP contribution in [0.4, 0.5) is 10.5 Å². The molecule has 1 amide bonds. The molecular formula is C22H26N2O4. The van der Waals surface area contributed by atoms with Gasteiger partial charge in [-0.1, -0.05) is 12.2 Å². The standard InChI is InChI=1S/C22H26N2O4/c1-26-16-11-14-15(12-17(16)27-2)24(19(25)28-3)22-7-6-20-5-4-9-23(20)10-8-21(14,22)18(22)13-20/h4-5,11-12,18H,6-10,13H2,1-3H3/t18-,20+,21-,22+/m0/s1. The lowest BCUT2D eigenvalue weighted by atomic mass is 9.78. The third-order valence-corrected chi connectivity index (χ3v) is 8.50. The molecule has 0 radical (unpaired) electrons. The van der Waals surface area contributed by atoms with Gasteiger partial charge in [-0.3, -0.25) is 9.80 Å². The Bertz CT molecular complexity index is 929. The van der Waals surface area contributed by atoms with Crippen LogP contribution in [0.3, 0.4) is 0 Å². The van der Waals surface area contributed by atoms with Crippen molar-refractivity contribution in [1.82, 2.24) is 4.90 Å². The Balaban J connectivity index is 1.57. The van der Waals surface area contributed by atoms with E-state index >= 15 is 0 Å². The van der Waals surface area contributed by atoms with Gasteiger partial charge in [0.15, 0.2) is 11.5 Å². The van der Waals surface area contributed by atoms with Crippen LogP contribution in [0.5, 0.6) is 11.5 Å². The van der Waals surface area contributed by atoms with Crippen LogP contribution in [0.15, 0.2) is 24.3 Å². The lowest BCUT2D eigenvalue weighted by Crippen LogP contribution is -2.54. The molecule has 4 atom stereocenters. The summed E-state index contributed by atoms with van der Waals surface area (Å²) in [4.78, 5) is 17.6. The largest absolute Gasteiger partial charge is 0.493 e. The summed E-state index contributed by atoms with van der Waals surface area (Å²) in [7, 11) is 4.79. The molecule has 148 valence electrons. The topological polar surface area (TPSA) is 51.2 Å². The van der Waals surface area contributed by atoms with Gasteiger partial charge in [0.2, 0.25) is 0 Å². The second-order valence-corrected chi connectivity index (χ2v) is 8.88. The van der Waals surface area contributed by atoms with E-state index in [9.17, 15) is 4.79 Å². The number of rotatable bonds is 2. The van der Waals surface area contributed by atoms with E-state index in [-0.39, 0.29) is 22.6 Å². The summed E-state index contributed by atoms with van der Waals surface area (Å²) in [6.45, 7) is 2.11. The van der Waals surface area contributed by atoms with Crippen LogP contribution in [0.2, 0.25) is 0 Å². The van der Waals surface area contributed by atoms with E-state index in [2.05, 4.69) is 23.1 Å². The van der Waals surface area contributed by atoms with E-state index in [0.29, 0.717) is 11.7 Å². The molecule has 1 aromatic rings. The molecule has 3 spiro atoms. The molecule has 2 aliphatic carbocycles. The highest BCUT2D eigenvalue weighted by Crippen LogP contribution is 2.81. The van der Waals surface area contributed by atoms with Gasteiger partial charge in [0.05, 0.1) is 32.6 Å². The zero-order chi connectivity index (χ0) is 19.3. The zero-order valence-corrected chi connectivity index (χ0v) is 16.7. The molecule has 3 aliphatic heterocycles. The van der Waals surface area contributed by atoms with E-state index in [4.69, 9.17) is 14.2 Å². The lowest BCUT2D eigenvalue weighted by Gasteiger charge is -2.45. The SMILES string of the molecule is COC(=O)N1c2cc(OC)c(OC)cc2[C@]23CCN4CC=C[C@]45CC[C@]12[C@H]3C5. The Hall–Kier alpha value is -2.21. The summed E-state index contributed by atoms with van der Waals surface area (Å²) in [6, 6.07) is 4.09. The molecule has 0 unspecified atom stereocenters. The second kappa shape index (κ2) is 5.03. The number of anilines is 1. The maximum absolute atomic E-state index is 13.0. The van der Waals surface area contributed by atoms with Gasteiger partial charge in [0, 0.05) is 30.1 Å². The molecule has 0 N–H and O–H groups in total. The average molecular weight is 382 g/mol. The van der Waals surface area contributed by atoms with Gasteiger partial charge >= 0.3 is 6.09 Å². The molecule has 3 heterocycles. The maximum atomic E-state index is 13.0. The average Bonchev–Trinajstić information content (AvgIpc) is 3.02. The quantitative estimate of drug-likeness (QED) is 0.736. The molecule has 6 nitrogen and oxygen atoms in total. The fourth-order valence-corrected chi connectivity index (χ4v) is 7.42. The number of ether oxygens (including phenoxy) is 3. The van der Waals surface area contributed by atoms with Crippen molar-refractivity contribution >= 4 is 11.8 Å². The van der Waals surface area contributed by atoms with Gasteiger partial charge < -0.3 is 14.2 Å². The number of carbonyl (C=O) groups is 1. The smallest absolute Gasteiger partial charge is 0.414 e. The Morgan fingerprint density at radius 3 is 2.64 bits per heavy atom. The van der Waals surface area contributed by atoms with Crippen molar-refractivity contribution in [3.05, 3.63) is 29.8 Å². The summed E-state index contributed by atoms with van der Waals surface area (Å²) in [6.07, 6.45) is 8.79. The van der Waals surface area contributed by atoms with Gasteiger partial charge in [-0.2, -0.15) is 0 Å². The Labute approximate surface area is 165 Å². The molecule has 28 heavy (non-hydrogen) atoms. The second-order valence-electron chi connectivity index (χ2n) is 8.88. The van der Waals surface area contributed by atoms with Crippen molar-refractivity contribution in [2.24, 2.45) is 5.92 Å². The number of methoxy groups -OCH3 is 3. The maximum Gasteiger partial charge on any atom is 0.414 e. The number of hydrogen-bond donors (Lipinski definition) is 0. The van der Waals surface area contributed by atoms with E-state index in [1.54, 1.807) is 14.2 Å². The van der Waals surface area contributed by atoms with Crippen molar-refractivity contribution < 1.29 is 19.0 Å². The Morgan fingerprint density at radius 2 is 1.89 bits per heavy atom. The van der Waals surface area contributed by atoms with Crippen molar-refractivity contribution in [2.45, 2.75) is 42.2 Å². The molecule has 2 bridgehead atoms. The molecule has 6 rings (SSSR count). The molecule has 3 fully saturated rings. The predicted octanol–water partition coefficient (Wildman–Crippen LogP) is 3.09.